The number of rotatable bonds is 4. The standard InChI is InChI=1S/C19H19N5O4S/c1-22-16-14(18(25)23(2)19(22)26)17(29-13-8-3-4-9-13)21-15(20-16)11-6-5-7-12(10-11)24(27)28/h5-7,10,13H,3-4,8-9H2,1-2H3. The van der Waals surface area contributed by atoms with Crippen molar-refractivity contribution in [1.82, 2.24) is 19.1 Å². The van der Waals surface area contributed by atoms with Gasteiger partial charge in [-0.05, 0) is 12.8 Å². The van der Waals surface area contributed by atoms with Crippen LogP contribution in [0.3, 0.4) is 0 Å². The molecule has 0 atom stereocenters. The molecule has 0 spiro atoms. The maximum absolute atomic E-state index is 12.9. The number of aromatic nitrogens is 4. The number of fused-ring (bicyclic) bond motifs is 1. The molecule has 0 amide bonds. The Morgan fingerprint density at radius 2 is 1.86 bits per heavy atom. The summed E-state index contributed by atoms with van der Waals surface area (Å²) in [6, 6.07) is 6.03. The zero-order chi connectivity index (χ0) is 20.7. The van der Waals surface area contributed by atoms with Crippen molar-refractivity contribution in [2.24, 2.45) is 14.1 Å². The van der Waals surface area contributed by atoms with E-state index in [1.54, 1.807) is 19.2 Å². The molecule has 0 saturated heterocycles. The highest BCUT2D eigenvalue weighted by atomic mass is 32.2. The predicted molar refractivity (Wildman–Crippen MR) is 110 cm³/mol. The molecule has 2 aromatic heterocycles. The number of hydrogen-bond donors (Lipinski definition) is 0. The van der Waals surface area contributed by atoms with Gasteiger partial charge in [-0.25, -0.2) is 14.8 Å². The molecule has 1 saturated carbocycles. The van der Waals surface area contributed by atoms with E-state index < -0.39 is 16.2 Å². The van der Waals surface area contributed by atoms with Crippen LogP contribution in [0.15, 0.2) is 38.9 Å². The van der Waals surface area contributed by atoms with E-state index in [1.165, 1.54) is 35.5 Å². The summed E-state index contributed by atoms with van der Waals surface area (Å²) in [4.78, 5) is 45.0. The van der Waals surface area contributed by atoms with Crippen LogP contribution in [0.25, 0.3) is 22.4 Å². The average Bonchev–Trinajstić information content (AvgIpc) is 3.23. The SMILES string of the molecule is Cn1c(=O)c2c(SC3CCCC3)nc(-c3cccc([N+](=O)[O-])c3)nc2n(C)c1=O. The minimum absolute atomic E-state index is 0.0749. The molecule has 4 rings (SSSR count). The van der Waals surface area contributed by atoms with Crippen LogP contribution in [0.2, 0.25) is 0 Å². The van der Waals surface area contributed by atoms with Crippen molar-refractivity contribution in [3.05, 3.63) is 55.2 Å². The highest BCUT2D eigenvalue weighted by molar-refractivity contribution is 8.00. The molecule has 2 heterocycles. The number of nitro groups is 1. The lowest BCUT2D eigenvalue weighted by molar-refractivity contribution is -0.384. The zero-order valence-electron chi connectivity index (χ0n) is 16.0. The van der Waals surface area contributed by atoms with E-state index in [0.717, 1.165) is 30.3 Å². The third kappa shape index (κ3) is 3.44. The number of aryl methyl sites for hydroxylation is 1. The van der Waals surface area contributed by atoms with Crippen LogP contribution in [0.5, 0.6) is 0 Å². The number of nitrogens with zero attached hydrogens (tertiary/aromatic N) is 5. The van der Waals surface area contributed by atoms with Gasteiger partial charge in [-0.3, -0.25) is 24.0 Å². The average molecular weight is 413 g/mol. The van der Waals surface area contributed by atoms with Crippen LogP contribution in [-0.4, -0.2) is 29.3 Å². The molecule has 0 N–H and O–H groups in total. The second-order valence-electron chi connectivity index (χ2n) is 7.09. The lowest BCUT2D eigenvalue weighted by atomic mass is 10.2. The van der Waals surface area contributed by atoms with Gasteiger partial charge in [-0.2, -0.15) is 0 Å². The molecule has 1 aliphatic carbocycles. The summed E-state index contributed by atoms with van der Waals surface area (Å²) >= 11 is 1.52. The molecule has 1 aliphatic rings. The van der Waals surface area contributed by atoms with Crippen molar-refractivity contribution in [2.75, 3.05) is 0 Å². The van der Waals surface area contributed by atoms with Gasteiger partial charge in [-0.15, -0.1) is 11.8 Å². The fourth-order valence-electron chi connectivity index (χ4n) is 3.57. The third-order valence-electron chi connectivity index (χ3n) is 5.16. The summed E-state index contributed by atoms with van der Waals surface area (Å²) in [6.07, 6.45) is 4.34. The number of nitro benzene ring substituents is 1. The second kappa shape index (κ2) is 7.43. The Morgan fingerprint density at radius 1 is 1.14 bits per heavy atom. The summed E-state index contributed by atoms with van der Waals surface area (Å²) in [7, 11) is 2.99. The van der Waals surface area contributed by atoms with Gasteiger partial charge in [0.15, 0.2) is 11.5 Å². The maximum atomic E-state index is 12.9. The monoisotopic (exact) mass is 413 g/mol. The third-order valence-corrected chi connectivity index (χ3v) is 6.49. The first kappa shape index (κ1) is 19.3. The minimum Gasteiger partial charge on any atom is -0.280 e. The first-order chi connectivity index (χ1) is 13.9. The van der Waals surface area contributed by atoms with Crippen LogP contribution < -0.4 is 11.2 Å². The van der Waals surface area contributed by atoms with Gasteiger partial charge in [-0.1, -0.05) is 25.0 Å². The van der Waals surface area contributed by atoms with Crippen LogP contribution in [-0.2, 0) is 14.1 Å². The van der Waals surface area contributed by atoms with E-state index in [0.29, 0.717) is 21.2 Å². The Kier molecular flexibility index (Phi) is 4.95. The normalized spacial score (nSPS) is 14.6. The molecular formula is C19H19N5O4S. The van der Waals surface area contributed by atoms with Crippen molar-refractivity contribution < 1.29 is 4.92 Å². The van der Waals surface area contributed by atoms with Crippen molar-refractivity contribution in [3.8, 4) is 11.4 Å². The summed E-state index contributed by atoms with van der Waals surface area (Å²) < 4.78 is 2.37. The van der Waals surface area contributed by atoms with Crippen molar-refractivity contribution in [2.45, 2.75) is 36.0 Å². The van der Waals surface area contributed by atoms with Crippen molar-refractivity contribution in [1.29, 1.82) is 0 Å². The molecule has 0 unspecified atom stereocenters. The fourth-order valence-corrected chi connectivity index (χ4v) is 4.89. The van der Waals surface area contributed by atoms with Crippen LogP contribution in [0.1, 0.15) is 25.7 Å². The molecule has 0 bridgehead atoms. The number of hydrogen-bond acceptors (Lipinski definition) is 7. The van der Waals surface area contributed by atoms with E-state index in [4.69, 9.17) is 0 Å². The van der Waals surface area contributed by atoms with Gasteiger partial charge in [0, 0.05) is 37.0 Å². The van der Waals surface area contributed by atoms with Crippen LogP contribution in [0, 0.1) is 10.1 Å². The first-order valence-corrected chi connectivity index (χ1v) is 10.1. The Balaban J connectivity index is 1.99. The molecule has 150 valence electrons. The maximum Gasteiger partial charge on any atom is 0.332 e. The molecule has 1 fully saturated rings. The molecule has 10 heteroatoms. The van der Waals surface area contributed by atoms with Gasteiger partial charge in [0.25, 0.3) is 11.2 Å². The van der Waals surface area contributed by atoms with Gasteiger partial charge >= 0.3 is 5.69 Å². The van der Waals surface area contributed by atoms with E-state index in [9.17, 15) is 19.7 Å². The highest BCUT2D eigenvalue weighted by Gasteiger charge is 2.23. The van der Waals surface area contributed by atoms with E-state index >= 15 is 0 Å². The summed E-state index contributed by atoms with van der Waals surface area (Å²) in [5.41, 5.74) is -0.302. The van der Waals surface area contributed by atoms with E-state index in [-0.39, 0.29) is 17.2 Å². The van der Waals surface area contributed by atoms with Crippen LogP contribution >= 0.6 is 11.8 Å². The largest absolute Gasteiger partial charge is 0.332 e. The van der Waals surface area contributed by atoms with Gasteiger partial charge in [0.2, 0.25) is 0 Å². The summed E-state index contributed by atoms with van der Waals surface area (Å²) in [5.74, 6) is 0.255. The first-order valence-electron chi connectivity index (χ1n) is 9.26. The molecule has 1 aromatic carbocycles. The van der Waals surface area contributed by atoms with Gasteiger partial charge in [0.1, 0.15) is 10.4 Å². The highest BCUT2D eigenvalue weighted by Crippen LogP contribution is 2.36. The van der Waals surface area contributed by atoms with E-state index in [2.05, 4.69) is 9.97 Å². The lowest BCUT2D eigenvalue weighted by Gasteiger charge is -2.14. The lowest BCUT2D eigenvalue weighted by Crippen LogP contribution is -2.37. The Labute approximate surface area is 169 Å². The summed E-state index contributed by atoms with van der Waals surface area (Å²) in [5, 5.41) is 12.3. The van der Waals surface area contributed by atoms with Crippen LogP contribution in [0.4, 0.5) is 5.69 Å². The fraction of sp³-hybridized carbons (Fsp3) is 0.368. The number of benzene rings is 1. The topological polar surface area (TPSA) is 113 Å². The number of thioether (sulfide) groups is 1. The predicted octanol–water partition coefficient (Wildman–Crippen LogP) is 2.64. The van der Waals surface area contributed by atoms with Gasteiger partial charge < -0.3 is 0 Å². The smallest absolute Gasteiger partial charge is 0.280 e. The Morgan fingerprint density at radius 3 is 2.55 bits per heavy atom. The second-order valence-corrected chi connectivity index (χ2v) is 8.38. The van der Waals surface area contributed by atoms with Crippen molar-refractivity contribution in [3.63, 3.8) is 0 Å². The molecular weight excluding hydrogens is 394 g/mol. The van der Waals surface area contributed by atoms with Crippen molar-refractivity contribution >= 4 is 28.5 Å². The Bertz CT molecular complexity index is 1240. The molecule has 3 aromatic rings. The molecule has 0 aliphatic heterocycles. The summed E-state index contributed by atoms with van der Waals surface area (Å²) in [6.45, 7) is 0. The Hall–Kier alpha value is -3.01. The molecule has 0 radical (unpaired) electrons. The quantitative estimate of drug-likeness (QED) is 0.367. The molecule has 29 heavy (non-hydrogen) atoms. The van der Waals surface area contributed by atoms with Gasteiger partial charge in [0.05, 0.1) is 4.92 Å². The van der Waals surface area contributed by atoms with E-state index in [1.807, 2.05) is 0 Å². The zero-order valence-corrected chi connectivity index (χ0v) is 16.8. The molecule has 9 nitrogen and oxygen atoms in total. The number of non-ortho nitro benzene ring substituents is 1. The minimum atomic E-state index is -0.483.